The first-order valence-electron chi connectivity index (χ1n) is 5.24. The van der Waals surface area contributed by atoms with Gasteiger partial charge < -0.3 is 0 Å². The van der Waals surface area contributed by atoms with Gasteiger partial charge in [0.1, 0.15) is 0 Å². The number of rotatable bonds is 1. The summed E-state index contributed by atoms with van der Waals surface area (Å²) in [5.74, 6) is 1.40. The molecular formula is C14H21. The van der Waals surface area contributed by atoms with Crippen molar-refractivity contribution in [3.8, 4) is 0 Å². The average molecular weight is 189 g/mol. The third-order valence-electron chi connectivity index (χ3n) is 2.52. The molecule has 0 fully saturated rings. The summed E-state index contributed by atoms with van der Waals surface area (Å²) in [5.41, 5.74) is 4.44. The smallest absolute Gasteiger partial charge is 0.000891 e. The molecule has 14 heavy (non-hydrogen) atoms. The van der Waals surface area contributed by atoms with Crippen LogP contribution in [0.15, 0.2) is 18.2 Å². The van der Waals surface area contributed by atoms with E-state index >= 15 is 0 Å². The van der Waals surface area contributed by atoms with Crippen molar-refractivity contribution < 1.29 is 0 Å². The highest BCUT2D eigenvalue weighted by Gasteiger charge is 2.19. The molecule has 1 radical (unpaired) electrons. The van der Waals surface area contributed by atoms with Crippen molar-refractivity contribution >= 4 is 0 Å². The van der Waals surface area contributed by atoms with Gasteiger partial charge in [-0.1, -0.05) is 58.4 Å². The number of benzene rings is 1. The summed E-state index contributed by atoms with van der Waals surface area (Å²) < 4.78 is 0. The van der Waals surface area contributed by atoms with Gasteiger partial charge in [-0.3, -0.25) is 0 Å². The van der Waals surface area contributed by atoms with Crippen LogP contribution in [0.2, 0.25) is 0 Å². The van der Waals surface area contributed by atoms with Crippen LogP contribution in [0.3, 0.4) is 0 Å². The molecule has 0 aliphatic heterocycles. The Balaban J connectivity index is 3.29. The Morgan fingerprint density at radius 1 is 1.07 bits per heavy atom. The average Bonchev–Trinajstić information content (AvgIpc) is 2.01. The van der Waals surface area contributed by atoms with E-state index in [0.29, 0.717) is 0 Å². The van der Waals surface area contributed by atoms with Crippen LogP contribution in [-0.4, -0.2) is 0 Å². The van der Waals surface area contributed by atoms with Crippen LogP contribution < -0.4 is 0 Å². The van der Waals surface area contributed by atoms with E-state index in [1.165, 1.54) is 22.6 Å². The van der Waals surface area contributed by atoms with Crippen molar-refractivity contribution in [3.05, 3.63) is 40.8 Å². The predicted molar refractivity (Wildman–Crippen MR) is 63.6 cm³/mol. The quantitative estimate of drug-likeness (QED) is 0.619. The molecule has 1 aromatic carbocycles. The molecule has 0 aliphatic carbocycles. The Morgan fingerprint density at radius 2 is 1.64 bits per heavy atom. The van der Waals surface area contributed by atoms with Crippen molar-refractivity contribution in [2.24, 2.45) is 0 Å². The summed E-state index contributed by atoms with van der Waals surface area (Å²) in [6, 6.07) is 6.75. The van der Waals surface area contributed by atoms with Gasteiger partial charge in [0.25, 0.3) is 0 Å². The fourth-order valence-corrected chi connectivity index (χ4v) is 1.73. The van der Waals surface area contributed by atoms with E-state index in [-0.39, 0.29) is 5.41 Å². The van der Waals surface area contributed by atoms with Gasteiger partial charge in [-0.25, -0.2) is 0 Å². The maximum atomic E-state index is 2.29. The standard InChI is InChI=1S/C14H21/c1-10(2)12-9-11(3)7-8-13(12)14(4,5)6/h7-9H,1-6H3. The number of hydrogen-bond acceptors (Lipinski definition) is 0. The maximum absolute atomic E-state index is 2.29. The van der Waals surface area contributed by atoms with Crippen molar-refractivity contribution in [3.63, 3.8) is 0 Å². The van der Waals surface area contributed by atoms with Crippen molar-refractivity contribution in [1.82, 2.24) is 0 Å². The first kappa shape index (κ1) is 11.3. The fraction of sp³-hybridized carbons (Fsp3) is 0.500. The Hall–Kier alpha value is -0.780. The molecule has 0 N–H and O–H groups in total. The largest absolute Gasteiger partial charge is 0.0590 e. The van der Waals surface area contributed by atoms with Gasteiger partial charge in [0.05, 0.1) is 0 Å². The highest BCUT2D eigenvalue weighted by Crippen LogP contribution is 2.30. The third-order valence-corrected chi connectivity index (χ3v) is 2.52. The molecule has 0 atom stereocenters. The Morgan fingerprint density at radius 3 is 2.07 bits per heavy atom. The summed E-state index contributed by atoms with van der Waals surface area (Å²) in [6.45, 7) is 13.3. The van der Waals surface area contributed by atoms with E-state index in [0.717, 1.165) is 0 Å². The molecule has 0 spiro atoms. The Kier molecular flexibility index (Phi) is 3.04. The highest BCUT2D eigenvalue weighted by molar-refractivity contribution is 5.43. The molecule has 0 bridgehead atoms. The predicted octanol–water partition coefficient (Wildman–Crippen LogP) is 4.25. The number of hydrogen-bond donors (Lipinski definition) is 0. The molecule has 77 valence electrons. The maximum Gasteiger partial charge on any atom is -0.000891 e. The first-order chi connectivity index (χ1) is 6.32. The lowest BCUT2D eigenvalue weighted by atomic mass is 9.80. The lowest BCUT2D eigenvalue weighted by molar-refractivity contribution is 0.584. The summed E-state index contributed by atoms with van der Waals surface area (Å²) in [7, 11) is 0. The molecule has 0 aliphatic rings. The number of aryl methyl sites for hydroxylation is 1. The summed E-state index contributed by atoms with van der Waals surface area (Å²) >= 11 is 0. The van der Waals surface area contributed by atoms with Gasteiger partial charge in [-0.15, -0.1) is 0 Å². The molecule has 0 aromatic heterocycles. The van der Waals surface area contributed by atoms with Crippen LogP contribution in [0.5, 0.6) is 0 Å². The van der Waals surface area contributed by atoms with E-state index in [2.05, 4.69) is 59.7 Å². The van der Waals surface area contributed by atoms with Gasteiger partial charge in [0, 0.05) is 0 Å². The van der Waals surface area contributed by atoms with Crippen LogP contribution in [0.4, 0.5) is 0 Å². The first-order valence-corrected chi connectivity index (χ1v) is 5.24. The minimum atomic E-state index is 0.236. The van der Waals surface area contributed by atoms with Crippen LogP contribution in [0, 0.1) is 12.8 Å². The molecule has 0 nitrogen and oxygen atoms in total. The van der Waals surface area contributed by atoms with Gasteiger partial charge in [0.2, 0.25) is 0 Å². The van der Waals surface area contributed by atoms with Gasteiger partial charge in [0.15, 0.2) is 0 Å². The molecule has 0 saturated carbocycles. The summed E-state index contributed by atoms with van der Waals surface area (Å²) in [6.07, 6.45) is 0. The zero-order valence-electron chi connectivity index (χ0n) is 10.2. The zero-order chi connectivity index (χ0) is 10.9. The van der Waals surface area contributed by atoms with Crippen molar-refractivity contribution in [1.29, 1.82) is 0 Å². The lowest BCUT2D eigenvalue weighted by Crippen LogP contribution is -2.15. The van der Waals surface area contributed by atoms with Crippen molar-refractivity contribution in [2.75, 3.05) is 0 Å². The van der Waals surface area contributed by atoms with E-state index in [1.54, 1.807) is 0 Å². The van der Waals surface area contributed by atoms with E-state index in [4.69, 9.17) is 0 Å². The molecule has 1 rings (SSSR count). The second-order valence-corrected chi connectivity index (χ2v) is 5.30. The van der Waals surface area contributed by atoms with E-state index < -0.39 is 0 Å². The monoisotopic (exact) mass is 189 g/mol. The van der Waals surface area contributed by atoms with E-state index in [1.807, 2.05) is 0 Å². The molecule has 0 unspecified atom stereocenters. The van der Waals surface area contributed by atoms with Crippen LogP contribution in [0.25, 0.3) is 0 Å². The topological polar surface area (TPSA) is 0 Å². The second-order valence-electron chi connectivity index (χ2n) is 5.30. The third kappa shape index (κ3) is 2.37. The van der Waals surface area contributed by atoms with Gasteiger partial charge in [-0.2, -0.15) is 0 Å². The molecular weight excluding hydrogens is 168 g/mol. The van der Waals surface area contributed by atoms with Crippen LogP contribution in [-0.2, 0) is 5.41 Å². The normalized spacial score (nSPS) is 12.2. The van der Waals surface area contributed by atoms with Gasteiger partial charge in [-0.05, 0) is 29.4 Å². The molecule has 0 heteroatoms. The fourth-order valence-electron chi connectivity index (χ4n) is 1.73. The highest BCUT2D eigenvalue weighted by atomic mass is 14.2. The molecule has 0 heterocycles. The Labute approximate surface area is 88.4 Å². The SMILES string of the molecule is C[C](C)c1cc(C)ccc1C(C)(C)C. The summed E-state index contributed by atoms with van der Waals surface area (Å²) in [5, 5.41) is 0. The van der Waals surface area contributed by atoms with Crippen LogP contribution in [0.1, 0.15) is 51.3 Å². The summed E-state index contributed by atoms with van der Waals surface area (Å²) in [4.78, 5) is 0. The minimum Gasteiger partial charge on any atom is -0.0590 e. The molecule has 0 saturated heterocycles. The molecule has 1 aromatic rings. The molecule has 0 amide bonds. The second kappa shape index (κ2) is 3.76. The minimum absolute atomic E-state index is 0.236. The van der Waals surface area contributed by atoms with Crippen LogP contribution >= 0.6 is 0 Å². The van der Waals surface area contributed by atoms with Gasteiger partial charge >= 0.3 is 0 Å². The zero-order valence-corrected chi connectivity index (χ0v) is 10.2. The lowest BCUT2D eigenvalue weighted by Gasteiger charge is -2.25. The van der Waals surface area contributed by atoms with E-state index in [9.17, 15) is 0 Å². The van der Waals surface area contributed by atoms with Crippen molar-refractivity contribution in [2.45, 2.75) is 47.0 Å². The Bertz CT molecular complexity index is 313.